The number of rotatable bonds is 5. The highest BCUT2D eigenvalue weighted by Gasteiger charge is 2.14. The minimum atomic E-state index is -0.226. The van der Waals surface area contributed by atoms with Crippen molar-refractivity contribution in [3.63, 3.8) is 0 Å². The van der Waals surface area contributed by atoms with Crippen LogP contribution in [0.15, 0.2) is 48.5 Å². The van der Waals surface area contributed by atoms with Gasteiger partial charge in [-0.25, -0.2) is 0 Å². The second kappa shape index (κ2) is 7.99. The topological polar surface area (TPSA) is 49.4 Å². The largest absolute Gasteiger partial charge is 0.325 e. The summed E-state index contributed by atoms with van der Waals surface area (Å²) in [6.45, 7) is 1.76. The Morgan fingerprint density at radius 3 is 2.39 bits per heavy atom. The van der Waals surface area contributed by atoms with E-state index >= 15 is 0 Å². The predicted molar refractivity (Wildman–Crippen MR) is 94.2 cm³/mol. The van der Waals surface area contributed by atoms with Crippen molar-refractivity contribution in [2.45, 2.75) is 13.3 Å². The fraction of sp³-hybridized carbons (Fsp3) is 0.176. The molecule has 0 aliphatic heterocycles. The predicted octanol–water partition coefficient (Wildman–Crippen LogP) is 4.38. The molecule has 1 N–H and O–H groups in total. The zero-order valence-corrected chi connectivity index (χ0v) is 14.1. The summed E-state index contributed by atoms with van der Waals surface area (Å²) < 4.78 is 0. The molecule has 0 atom stereocenters. The van der Waals surface area contributed by atoms with Crippen LogP contribution in [0.4, 0.5) is 11.4 Å². The highest BCUT2D eigenvalue weighted by atomic mass is 35.5. The highest BCUT2D eigenvalue weighted by Crippen LogP contribution is 2.25. The van der Waals surface area contributed by atoms with Crippen molar-refractivity contribution in [3.05, 3.63) is 58.6 Å². The zero-order chi connectivity index (χ0) is 16.8. The minimum Gasteiger partial charge on any atom is -0.325 e. The molecule has 0 aliphatic carbocycles. The molecule has 2 aromatic rings. The van der Waals surface area contributed by atoms with E-state index in [9.17, 15) is 9.59 Å². The van der Waals surface area contributed by atoms with E-state index < -0.39 is 0 Å². The summed E-state index contributed by atoms with van der Waals surface area (Å²) in [5.74, 6) is -0.343. The summed E-state index contributed by atoms with van der Waals surface area (Å²) in [4.78, 5) is 25.4. The van der Waals surface area contributed by atoms with Crippen molar-refractivity contribution in [1.29, 1.82) is 0 Å². The molecule has 0 aliphatic rings. The van der Waals surface area contributed by atoms with Crippen molar-refractivity contribution < 1.29 is 9.59 Å². The number of benzene rings is 2. The van der Waals surface area contributed by atoms with Crippen LogP contribution >= 0.6 is 23.2 Å². The first kappa shape index (κ1) is 17.3. The molecule has 0 fully saturated rings. The van der Waals surface area contributed by atoms with Gasteiger partial charge in [-0.2, -0.15) is 0 Å². The molecule has 23 heavy (non-hydrogen) atoms. The maximum absolute atomic E-state index is 12.1. The number of nitrogens with zero attached hydrogens (tertiary/aromatic N) is 1. The fourth-order valence-corrected chi connectivity index (χ4v) is 2.55. The van der Waals surface area contributed by atoms with Gasteiger partial charge >= 0.3 is 0 Å². The number of hydrogen-bond acceptors (Lipinski definition) is 2. The third kappa shape index (κ3) is 4.98. The van der Waals surface area contributed by atoms with Gasteiger partial charge in [-0.05, 0) is 30.3 Å². The number of anilines is 2. The summed E-state index contributed by atoms with van der Waals surface area (Å²) >= 11 is 11.8. The van der Waals surface area contributed by atoms with Gasteiger partial charge in [-0.3, -0.25) is 9.59 Å². The lowest BCUT2D eigenvalue weighted by Crippen LogP contribution is -2.31. The van der Waals surface area contributed by atoms with Crippen molar-refractivity contribution >= 4 is 46.4 Å². The van der Waals surface area contributed by atoms with Crippen LogP contribution in [0.25, 0.3) is 0 Å². The number of carbonyl (C=O) groups is 2. The summed E-state index contributed by atoms with van der Waals surface area (Å²) in [6, 6.07) is 14.1. The number of hydrogen-bond donors (Lipinski definition) is 1. The normalized spacial score (nSPS) is 10.2. The third-order valence-corrected chi connectivity index (χ3v) is 3.76. The van der Waals surface area contributed by atoms with Crippen LogP contribution in [-0.2, 0) is 9.59 Å². The Morgan fingerprint density at radius 2 is 1.78 bits per heavy atom. The first-order valence-electron chi connectivity index (χ1n) is 7.05. The number of amides is 2. The van der Waals surface area contributed by atoms with Crippen LogP contribution in [0.1, 0.15) is 13.3 Å². The van der Waals surface area contributed by atoms with Crippen LogP contribution in [0.2, 0.25) is 10.0 Å². The summed E-state index contributed by atoms with van der Waals surface area (Å²) in [5.41, 5.74) is 1.26. The van der Waals surface area contributed by atoms with Crippen LogP contribution in [0.3, 0.4) is 0 Å². The van der Waals surface area contributed by atoms with Crippen LogP contribution < -0.4 is 10.2 Å². The number of para-hydroxylation sites is 1. The maximum Gasteiger partial charge on any atom is 0.226 e. The van der Waals surface area contributed by atoms with E-state index in [-0.39, 0.29) is 24.8 Å². The van der Waals surface area contributed by atoms with Gasteiger partial charge in [0.1, 0.15) is 0 Å². The first-order chi connectivity index (χ1) is 11.0. The van der Waals surface area contributed by atoms with Crippen molar-refractivity contribution in [3.8, 4) is 0 Å². The highest BCUT2D eigenvalue weighted by molar-refractivity contribution is 6.36. The molecule has 2 amide bonds. The molecule has 0 bridgehead atoms. The Morgan fingerprint density at radius 1 is 1.09 bits per heavy atom. The van der Waals surface area contributed by atoms with Gasteiger partial charge in [0.15, 0.2) is 0 Å². The molecular formula is C17H16Cl2N2O2. The van der Waals surface area contributed by atoms with E-state index in [1.54, 1.807) is 23.1 Å². The van der Waals surface area contributed by atoms with Crippen molar-refractivity contribution in [1.82, 2.24) is 0 Å². The van der Waals surface area contributed by atoms with Gasteiger partial charge in [-0.1, -0.05) is 41.4 Å². The van der Waals surface area contributed by atoms with Crippen LogP contribution in [0.5, 0.6) is 0 Å². The molecule has 0 aromatic heterocycles. The average molecular weight is 351 g/mol. The molecule has 0 saturated heterocycles. The Balaban J connectivity index is 1.98. The summed E-state index contributed by atoms with van der Waals surface area (Å²) in [7, 11) is 0. The Labute approximate surface area is 145 Å². The van der Waals surface area contributed by atoms with Gasteiger partial charge in [0, 0.05) is 30.6 Å². The molecule has 0 heterocycles. The minimum absolute atomic E-state index is 0.117. The van der Waals surface area contributed by atoms with Gasteiger partial charge < -0.3 is 10.2 Å². The lowest BCUT2D eigenvalue weighted by Gasteiger charge is -2.21. The van der Waals surface area contributed by atoms with E-state index in [1.165, 1.54) is 6.92 Å². The smallest absolute Gasteiger partial charge is 0.226 e. The SMILES string of the molecule is CC(=O)N(CCC(=O)Nc1ccc(Cl)cc1Cl)c1ccccc1. The second-order valence-electron chi connectivity index (χ2n) is 4.93. The lowest BCUT2D eigenvalue weighted by atomic mass is 10.2. The fourth-order valence-electron chi connectivity index (χ4n) is 2.09. The zero-order valence-electron chi connectivity index (χ0n) is 12.6. The van der Waals surface area contributed by atoms with Gasteiger partial charge in [0.05, 0.1) is 10.7 Å². The standard InChI is InChI=1S/C17H16Cl2N2O2/c1-12(22)21(14-5-3-2-4-6-14)10-9-17(23)20-16-8-7-13(18)11-15(16)19/h2-8,11H,9-10H2,1H3,(H,20,23). The van der Waals surface area contributed by atoms with E-state index in [0.29, 0.717) is 15.7 Å². The van der Waals surface area contributed by atoms with Crippen molar-refractivity contribution in [2.24, 2.45) is 0 Å². The molecule has 2 rings (SSSR count). The van der Waals surface area contributed by atoms with Gasteiger partial charge in [0.25, 0.3) is 0 Å². The van der Waals surface area contributed by atoms with E-state index in [4.69, 9.17) is 23.2 Å². The molecule has 0 spiro atoms. The molecule has 6 heteroatoms. The molecule has 4 nitrogen and oxygen atoms in total. The summed E-state index contributed by atoms with van der Waals surface area (Å²) in [6.07, 6.45) is 0.160. The Bertz CT molecular complexity index is 705. The van der Waals surface area contributed by atoms with Gasteiger partial charge in [-0.15, -0.1) is 0 Å². The quantitative estimate of drug-likeness (QED) is 0.869. The van der Waals surface area contributed by atoms with E-state index in [0.717, 1.165) is 5.69 Å². The Hall–Kier alpha value is -2.04. The second-order valence-corrected chi connectivity index (χ2v) is 5.77. The Kier molecular flexibility index (Phi) is 6.02. The molecule has 0 radical (unpaired) electrons. The number of carbonyl (C=O) groups excluding carboxylic acids is 2. The van der Waals surface area contributed by atoms with Crippen LogP contribution in [-0.4, -0.2) is 18.4 Å². The molecular weight excluding hydrogens is 335 g/mol. The average Bonchev–Trinajstić information content (AvgIpc) is 2.51. The lowest BCUT2D eigenvalue weighted by molar-refractivity contribution is -0.117. The molecule has 0 saturated carbocycles. The number of halogens is 2. The number of nitrogens with one attached hydrogen (secondary N) is 1. The monoisotopic (exact) mass is 350 g/mol. The maximum atomic E-state index is 12.1. The molecule has 2 aromatic carbocycles. The van der Waals surface area contributed by atoms with E-state index in [2.05, 4.69) is 5.32 Å². The van der Waals surface area contributed by atoms with Gasteiger partial charge in [0.2, 0.25) is 11.8 Å². The van der Waals surface area contributed by atoms with E-state index in [1.807, 2.05) is 30.3 Å². The summed E-state index contributed by atoms with van der Waals surface area (Å²) in [5, 5.41) is 3.59. The molecule has 0 unspecified atom stereocenters. The van der Waals surface area contributed by atoms with Crippen molar-refractivity contribution in [2.75, 3.05) is 16.8 Å². The van der Waals surface area contributed by atoms with Crippen LogP contribution in [0, 0.1) is 0 Å². The molecule has 120 valence electrons. The third-order valence-electron chi connectivity index (χ3n) is 3.22. The first-order valence-corrected chi connectivity index (χ1v) is 7.81.